The fraction of sp³-hybridized carbons (Fsp3) is 0.0968. The summed E-state index contributed by atoms with van der Waals surface area (Å²) in [5.74, 6) is 0. The van der Waals surface area contributed by atoms with Gasteiger partial charge >= 0.3 is 216 Å². The quantitative estimate of drug-likeness (QED) is 0.240. The molecular formula is C31H22N4Se. The third-order valence-corrected chi connectivity index (χ3v) is 9.71. The Hall–Kier alpha value is -3.92. The number of hydrogen-bond donors (Lipinski definition) is 0. The molecule has 1 aliphatic carbocycles. The Bertz CT molecular complexity index is 1790. The second-order valence-corrected chi connectivity index (χ2v) is 11.4. The monoisotopic (exact) mass is 530 g/mol. The van der Waals surface area contributed by atoms with E-state index in [1.807, 2.05) is 6.20 Å². The number of nitrogens with zero attached hydrogens (tertiary/aromatic N) is 4. The van der Waals surface area contributed by atoms with Crippen molar-refractivity contribution in [2.45, 2.75) is 20.3 Å². The molecule has 3 heterocycles. The van der Waals surface area contributed by atoms with Crippen LogP contribution in [0.3, 0.4) is 0 Å². The van der Waals surface area contributed by atoms with Gasteiger partial charge in [-0.15, -0.1) is 0 Å². The van der Waals surface area contributed by atoms with E-state index in [-0.39, 0.29) is 14.5 Å². The van der Waals surface area contributed by atoms with Crippen molar-refractivity contribution in [2.75, 3.05) is 0 Å². The van der Waals surface area contributed by atoms with Gasteiger partial charge in [-0.3, -0.25) is 0 Å². The molecule has 36 heavy (non-hydrogen) atoms. The van der Waals surface area contributed by atoms with Gasteiger partial charge in [-0.05, 0) is 0 Å². The van der Waals surface area contributed by atoms with Gasteiger partial charge in [0, 0.05) is 0 Å². The van der Waals surface area contributed by atoms with E-state index < -0.39 is 0 Å². The van der Waals surface area contributed by atoms with Crippen LogP contribution in [-0.4, -0.2) is 34.9 Å². The van der Waals surface area contributed by atoms with Crippen LogP contribution >= 0.6 is 0 Å². The predicted molar refractivity (Wildman–Crippen MR) is 146 cm³/mol. The minimum atomic E-state index is 0.0997. The van der Waals surface area contributed by atoms with Crippen LogP contribution in [0.15, 0.2) is 85.1 Å². The molecule has 0 bridgehead atoms. The third-order valence-electron chi connectivity index (χ3n) is 7.24. The Morgan fingerprint density at radius 1 is 0.722 bits per heavy atom. The topological polar surface area (TPSA) is 51.6 Å². The number of fused-ring (bicyclic) bond motifs is 4. The molecule has 172 valence electrons. The van der Waals surface area contributed by atoms with E-state index in [1.165, 1.54) is 53.0 Å². The summed E-state index contributed by atoms with van der Waals surface area (Å²) in [6, 6.07) is 28.0. The summed E-state index contributed by atoms with van der Waals surface area (Å²) >= 11 is 0.0997. The Kier molecular flexibility index (Phi) is 4.95. The second kappa shape index (κ2) is 8.34. The van der Waals surface area contributed by atoms with Crippen LogP contribution in [0.5, 0.6) is 0 Å². The van der Waals surface area contributed by atoms with Gasteiger partial charge in [-0.25, -0.2) is 0 Å². The third kappa shape index (κ3) is 3.21. The van der Waals surface area contributed by atoms with Crippen LogP contribution in [-0.2, 0) is 6.42 Å². The first kappa shape index (κ1) is 21.4. The summed E-state index contributed by atoms with van der Waals surface area (Å²) in [6.07, 6.45) is 2.70. The molecule has 0 N–H and O–H groups in total. The van der Waals surface area contributed by atoms with Gasteiger partial charge in [0.25, 0.3) is 0 Å². The Labute approximate surface area is 215 Å². The molecule has 1 aliphatic rings. The van der Waals surface area contributed by atoms with E-state index in [0.29, 0.717) is 0 Å². The average molecular weight is 530 g/mol. The number of hydrogen-bond acceptors (Lipinski definition) is 4. The normalized spacial score (nSPS) is 12.1. The molecule has 0 saturated carbocycles. The van der Waals surface area contributed by atoms with Crippen molar-refractivity contribution in [2.24, 2.45) is 0 Å². The van der Waals surface area contributed by atoms with Crippen molar-refractivity contribution < 1.29 is 0 Å². The SMILES string of the molecule is Cc1c(-c2cnnnc2-c2[se]c3ccccc3c2-c2ccccc2)nc2c(c1C)-c1ccccc1C2. The molecule has 0 radical (unpaired) electrons. The van der Waals surface area contributed by atoms with Crippen LogP contribution < -0.4 is 0 Å². The van der Waals surface area contributed by atoms with Gasteiger partial charge < -0.3 is 0 Å². The van der Waals surface area contributed by atoms with Crippen LogP contribution in [0.4, 0.5) is 0 Å². The average Bonchev–Trinajstić information content (AvgIpc) is 3.50. The van der Waals surface area contributed by atoms with E-state index in [1.54, 1.807) is 0 Å². The zero-order chi connectivity index (χ0) is 24.2. The molecule has 0 fully saturated rings. The van der Waals surface area contributed by atoms with Crippen LogP contribution in [0.25, 0.3) is 53.3 Å². The zero-order valence-electron chi connectivity index (χ0n) is 20.0. The van der Waals surface area contributed by atoms with E-state index in [4.69, 9.17) is 4.98 Å². The van der Waals surface area contributed by atoms with Crippen LogP contribution in [0, 0.1) is 13.8 Å². The van der Waals surface area contributed by atoms with Crippen LogP contribution in [0.1, 0.15) is 22.4 Å². The predicted octanol–water partition coefficient (Wildman–Crippen LogP) is 6.67. The zero-order valence-corrected chi connectivity index (χ0v) is 21.7. The fourth-order valence-electron chi connectivity index (χ4n) is 5.42. The molecule has 4 nitrogen and oxygen atoms in total. The van der Waals surface area contributed by atoms with Crippen molar-refractivity contribution >= 4 is 24.1 Å². The molecule has 0 amide bonds. The fourth-order valence-corrected chi connectivity index (χ4v) is 7.98. The van der Waals surface area contributed by atoms with Gasteiger partial charge in [0.05, 0.1) is 0 Å². The summed E-state index contributed by atoms with van der Waals surface area (Å²) < 4.78 is 2.61. The number of aromatic nitrogens is 4. The summed E-state index contributed by atoms with van der Waals surface area (Å²) in [5, 5.41) is 14.3. The second-order valence-electron chi connectivity index (χ2n) is 9.23. The number of pyridine rings is 1. The number of rotatable bonds is 3. The molecular weight excluding hydrogens is 507 g/mol. The molecule has 7 rings (SSSR count). The molecule has 5 heteroatoms. The van der Waals surface area contributed by atoms with E-state index in [9.17, 15) is 0 Å². The van der Waals surface area contributed by atoms with Crippen molar-refractivity contribution in [1.29, 1.82) is 0 Å². The first-order valence-corrected chi connectivity index (χ1v) is 13.8. The van der Waals surface area contributed by atoms with Crippen molar-refractivity contribution in [3.05, 3.63) is 107 Å². The Balaban J connectivity index is 1.48. The van der Waals surface area contributed by atoms with Crippen molar-refractivity contribution in [3.63, 3.8) is 0 Å². The summed E-state index contributed by atoms with van der Waals surface area (Å²) in [7, 11) is 0. The summed E-state index contributed by atoms with van der Waals surface area (Å²) in [6.45, 7) is 4.39. The van der Waals surface area contributed by atoms with Gasteiger partial charge in [0.15, 0.2) is 0 Å². The first-order chi connectivity index (χ1) is 17.7. The minimum absolute atomic E-state index is 0.0997. The van der Waals surface area contributed by atoms with E-state index in [0.717, 1.165) is 29.1 Å². The molecule has 0 spiro atoms. The molecule has 0 unspecified atom stereocenters. The molecule has 0 aliphatic heterocycles. The summed E-state index contributed by atoms with van der Waals surface area (Å²) in [5.41, 5.74) is 12.8. The molecule has 3 aromatic heterocycles. The number of benzene rings is 3. The summed E-state index contributed by atoms with van der Waals surface area (Å²) in [4.78, 5) is 5.25. The Morgan fingerprint density at radius 3 is 2.39 bits per heavy atom. The van der Waals surface area contributed by atoms with Gasteiger partial charge in [0.1, 0.15) is 0 Å². The van der Waals surface area contributed by atoms with Crippen LogP contribution in [0.2, 0.25) is 0 Å². The maximum atomic E-state index is 5.25. The van der Waals surface area contributed by atoms with Gasteiger partial charge in [-0.2, -0.15) is 0 Å². The first-order valence-electron chi connectivity index (χ1n) is 12.0. The molecule has 0 saturated heterocycles. The Morgan fingerprint density at radius 2 is 1.50 bits per heavy atom. The molecule has 0 atom stereocenters. The molecule has 6 aromatic rings. The van der Waals surface area contributed by atoms with Crippen molar-refractivity contribution in [1.82, 2.24) is 20.4 Å². The molecule has 3 aromatic carbocycles. The standard InChI is InChI=1S/C31H22N4Se/c1-18-19(2)29(33-25-16-21-12-6-7-13-22(21)27(18)25)24-17-32-35-34-30(24)31-28(20-10-4-3-5-11-20)23-14-8-9-15-26(23)36-31/h3-15,17H,16H2,1-2H3. The van der Waals surface area contributed by atoms with E-state index in [2.05, 4.69) is 108 Å². The van der Waals surface area contributed by atoms with Gasteiger partial charge in [-0.1, -0.05) is 0 Å². The van der Waals surface area contributed by atoms with Crippen molar-refractivity contribution in [3.8, 4) is 43.6 Å². The van der Waals surface area contributed by atoms with E-state index >= 15 is 0 Å². The maximum absolute atomic E-state index is 5.25. The van der Waals surface area contributed by atoms with Gasteiger partial charge in [0.2, 0.25) is 0 Å².